The highest BCUT2D eigenvalue weighted by Crippen LogP contribution is 2.44. The summed E-state index contributed by atoms with van der Waals surface area (Å²) in [6.07, 6.45) is -11.0. The zero-order chi connectivity index (χ0) is 22.0. The van der Waals surface area contributed by atoms with Gasteiger partial charge in [-0.05, 0) is 22.6 Å². The number of halogens is 6. The van der Waals surface area contributed by atoms with Gasteiger partial charge in [-0.1, -0.05) is 12.0 Å². The van der Waals surface area contributed by atoms with Crippen molar-refractivity contribution in [2.45, 2.75) is 25.9 Å². The molecule has 0 saturated carbocycles. The van der Waals surface area contributed by atoms with Crippen LogP contribution in [0.3, 0.4) is 0 Å². The normalized spacial score (nSPS) is 11.9. The number of hydrogen-bond acceptors (Lipinski definition) is 6. The van der Waals surface area contributed by atoms with Gasteiger partial charge in [0, 0.05) is 13.5 Å². The number of nitrogens with one attached hydrogen (secondary N) is 2. The number of carbonyl (C=O) groups is 2. The monoisotopic (exact) mass is 426 g/mol. The Balaban J connectivity index is 2.64. The molecule has 29 heavy (non-hydrogen) atoms. The van der Waals surface area contributed by atoms with Gasteiger partial charge < -0.3 is 10.1 Å². The van der Waals surface area contributed by atoms with Gasteiger partial charge in [0.25, 0.3) is 5.91 Å². The van der Waals surface area contributed by atoms with Gasteiger partial charge in [0.1, 0.15) is 0 Å². The van der Waals surface area contributed by atoms with Crippen molar-refractivity contribution in [3.63, 3.8) is 0 Å². The van der Waals surface area contributed by atoms with E-state index in [-0.39, 0.29) is 12.4 Å². The molecule has 0 fully saturated rings. The maximum atomic E-state index is 13.7. The molecule has 0 aliphatic rings. The summed E-state index contributed by atoms with van der Waals surface area (Å²) in [5.74, 6) is -4.06. The predicted octanol–water partition coefficient (Wildman–Crippen LogP) is 2.73. The number of benzene rings is 1. The number of nitrogens with zero attached hydrogens (tertiary/aromatic N) is 4. The summed E-state index contributed by atoms with van der Waals surface area (Å²) in [4.78, 5) is 24.0. The zero-order valence-corrected chi connectivity index (χ0v) is 14.6. The lowest BCUT2D eigenvalue weighted by atomic mass is 10.0. The maximum absolute atomic E-state index is 13.7. The van der Waals surface area contributed by atoms with E-state index in [1.165, 1.54) is 14.0 Å². The highest BCUT2D eigenvalue weighted by molar-refractivity contribution is 6.07. The van der Waals surface area contributed by atoms with Gasteiger partial charge >= 0.3 is 12.5 Å². The van der Waals surface area contributed by atoms with Crippen molar-refractivity contribution in [1.82, 2.24) is 20.2 Å². The van der Waals surface area contributed by atoms with E-state index in [1.54, 1.807) is 5.32 Å². The van der Waals surface area contributed by atoms with Gasteiger partial charge in [-0.2, -0.15) is 13.2 Å². The third-order valence-corrected chi connectivity index (χ3v) is 3.35. The third-order valence-electron chi connectivity index (χ3n) is 3.35. The first kappa shape index (κ1) is 21.9. The summed E-state index contributed by atoms with van der Waals surface area (Å²) in [5.41, 5.74) is -4.25. The van der Waals surface area contributed by atoms with Gasteiger partial charge in [0.05, 0.1) is 16.8 Å². The molecular weight excluding hydrogens is 414 g/mol. The van der Waals surface area contributed by atoms with E-state index in [4.69, 9.17) is 0 Å². The van der Waals surface area contributed by atoms with Crippen LogP contribution in [-0.4, -0.2) is 38.4 Å². The molecule has 2 aromatic rings. The van der Waals surface area contributed by atoms with Crippen molar-refractivity contribution in [2.75, 3.05) is 10.6 Å². The topological polar surface area (TPSA) is 111 Å². The number of aromatic nitrogens is 4. The van der Waals surface area contributed by atoms with E-state index in [1.807, 2.05) is 5.32 Å². The van der Waals surface area contributed by atoms with Gasteiger partial charge in [-0.3, -0.25) is 14.9 Å². The maximum Gasteiger partial charge on any atom is 0.573 e. The fourth-order valence-corrected chi connectivity index (χ4v) is 2.13. The van der Waals surface area contributed by atoms with Crippen molar-refractivity contribution in [1.29, 1.82) is 0 Å². The number of rotatable bonds is 5. The number of tetrazole rings is 1. The summed E-state index contributed by atoms with van der Waals surface area (Å²) in [7, 11) is 1.29. The van der Waals surface area contributed by atoms with Crippen molar-refractivity contribution >= 4 is 23.5 Å². The van der Waals surface area contributed by atoms with Crippen LogP contribution in [-0.2, 0) is 18.0 Å². The molecule has 2 rings (SSSR count). The number of aryl methyl sites for hydroxylation is 1. The lowest BCUT2D eigenvalue weighted by molar-refractivity contribution is -0.274. The molecule has 0 aliphatic carbocycles. The quantitative estimate of drug-likeness (QED) is 0.712. The predicted molar refractivity (Wildman–Crippen MR) is 83.8 cm³/mol. The fourth-order valence-electron chi connectivity index (χ4n) is 2.13. The van der Waals surface area contributed by atoms with Crippen LogP contribution in [0.4, 0.5) is 38.0 Å². The van der Waals surface area contributed by atoms with Crippen LogP contribution in [0.25, 0.3) is 0 Å². The molecule has 2 N–H and O–H groups in total. The number of carbonyl (C=O) groups excluding carboxylic acids is 2. The summed E-state index contributed by atoms with van der Waals surface area (Å²) >= 11 is 0. The van der Waals surface area contributed by atoms with E-state index in [0.717, 1.165) is 4.68 Å². The van der Waals surface area contributed by atoms with Crippen molar-refractivity contribution < 1.29 is 40.7 Å². The number of alkyl halides is 6. The molecule has 0 radical (unpaired) electrons. The SMILES string of the molecule is CCC(=O)Nc1c(OC(F)(F)F)ccc(C(=O)Nc2nnnn2C)c1C(F)(F)F. The Morgan fingerprint density at radius 1 is 1.14 bits per heavy atom. The summed E-state index contributed by atoms with van der Waals surface area (Å²) in [6, 6.07) is 0.961. The second kappa shape index (κ2) is 7.92. The standard InChI is InChI=1S/C14H12F6N6O3/c1-3-8(27)21-10-7(29-14(18,19)20)5-4-6(9(10)13(15,16)17)11(28)22-12-23-24-25-26(12)2/h4-5H,3H2,1-2H3,(H,21,27)(H,22,23,25,28). The summed E-state index contributed by atoms with van der Waals surface area (Å²) in [5, 5.41) is 13.6. The summed E-state index contributed by atoms with van der Waals surface area (Å²) in [6.45, 7) is 1.27. The van der Waals surface area contributed by atoms with E-state index < -0.39 is 46.9 Å². The third kappa shape index (κ3) is 5.32. The molecule has 9 nitrogen and oxygen atoms in total. The molecule has 0 spiro atoms. The van der Waals surface area contributed by atoms with Gasteiger partial charge in [0.2, 0.25) is 11.9 Å². The van der Waals surface area contributed by atoms with Crippen LogP contribution in [0.5, 0.6) is 5.75 Å². The first-order valence-corrected chi connectivity index (χ1v) is 7.67. The number of anilines is 2. The Labute approximate surface area is 158 Å². The molecule has 0 atom stereocenters. The molecule has 0 unspecified atom stereocenters. The second-order valence-corrected chi connectivity index (χ2v) is 5.39. The van der Waals surface area contributed by atoms with E-state index in [9.17, 15) is 35.9 Å². The Kier molecular flexibility index (Phi) is 5.98. The van der Waals surface area contributed by atoms with Gasteiger partial charge in [0.15, 0.2) is 5.75 Å². The van der Waals surface area contributed by atoms with Crippen molar-refractivity contribution in [3.05, 3.63) is 23.3 Å². The molecule has 1 aromatic heterocycles. The minimum Gasteiger partial charge on any atom is -0.404 e. The largest absolute Gasteiger partial charge is 0.573 e. The molecule has 15 heteroatoms. The van der Waals surface area contributed by atoms with Crippen LogP contribution in [0.2, 0.25) is 0 Å². The lowest BCUT2D eigenvalue weighted by Gasteiger charge is -2.21. The van der Waals surface area contributed by atoms with Crippen molar-refractivity contribution in [2.24, 2.45) is 7.05 Å². The van der Waals surface area contributed by atoms with Gasteiger partial charge in [-0.25, -0.2) is 4.68 Å². The van der Waals surface area contributed by atoms with Crippen LogP contribution >= 0.6 is 0 Å². The Morgan fingerprint density at radius 3 is 2.28 bits per heavy atom. The fraction of sp³-hybridized carbons (Fsp3) is 0.357. The molecule has 0 bridgehead atoms. The molecule has 0 aliphatic heterocycles. The van der Waals surface area contributed by atoms with Crippen LogP contribution in [0.1, 0.15) is 29.3 Å². The molecule has 158 valence electrons. The zero-order valence-electron chi connectivity index (χ0n) is 14.6. The molecule has 1 aromatic carbocycles. The lowest BCUT2D eigenvalue weighted by Crippen LogP contribution is -2.25. The first-order chi connectivity index (χ1) is 13.3. The summed E-state index contributed by atoms with van der Waals surface area (Å²) < 4.78 is 83.4. The van der Waals surface area contributed by atoms with Crippen LogP contribution in [0, 0.1) is 0 Å². The minimum absolute atomic E-state index is 0.321. The minimum atomic E-state index is -5.34. The smallest absolute Gasteiger partial charge is 0.404 e. The average Bonchev–Trinajstić information content (AvgIpc) is 2.98. The second-order valence-electron chi connectivity index (χ2n) is 5.39. The number of amides is 2. The first-order valence-electron chi connectivity index (χ1n) is 7.67. The molecule has 0 saturated heterocycles. The number of hydrogen-bond donors (Lipinski definition) is 2. The Morgan fingerprint density at radius 2 is 1.79 bits per heavy atom. The Hall–Kier alpha value is -3.39. The van der Waals surface area contributed by atoms with Crippen LogP contribution in [0.15, 0.2) is 12.1 Å². The highest BCUT2D eigenvalue weighted by Gasteiger charge is 2.42. The van der Waals surface area contributed by atoms with Gasteiger partial charge in [-0.15, -0.1) is 13.2 Å². The molecular formula is C14H12F6N6O3. The highest BCUT2D eigenvalue weighted by atomic mass is 19.4. The van der Waals surface area contributed by atoms with E-state index >= 15 is 0 Å². The van der Waals surface area contributed by atoms with E-state index in [0.29, 0.717) is 12.1 Å². The number of ether oxygens (including phenoxy) is 1. The molecule has 1 heterocycles. The van der Waals surface area contributed by atoms with E-state index in [2.05, 4.69) is 20.3 Å². The van der Waals surface area contributed by atoms with Crippen LogP contribution < -0.4 is 15.4 Å². The van der Waals surface area contributed by atoms with Crippen molar-refractivity contribution in [3.8, 4) is 5.75 Å². The Bertz CT molecular complexity index is 924. The molecule has 2 amide bonds. The average molecular weight is 426 g/mol.